The molecule has 0 unspecified atom stereocenters. The summed E-state index contributed by atoms with van der Waals surface area (Å²) in [6, 6.07) is 3.90. The minimum atomic E-state index is -0.698. The van der Waals surface area contributed by atoms with Crippen molar-refractivity contribution >= 4 is 40.6 Å². The van der Waals surface area contributed by atoms with Gasteiger partial charge in [0.1, 0.15) is 12.3 Å². The summed E-state index contributed by atoms with van der Waals surface area (Å²) in [6.45, 7) is 2.81. The highest BCUT2D eigenvalue weighted by Gasteiger charge is 2.37. The van der Waals surface area contributed by atoms with Crippen LogP contribution < -0.4 is 4.74 Å². The molecular formula is C16H16N2O7S. The van der Waals surface area contributed by atoms with Crippen molar-refractivity contribution in [3.8, 4) is 5.75 Å². The van der Waals surface area contributed by atoms with Gasteiger partial charge in [-0.1, -0.05) is 0 Å². The zero-order valence-corrected chi connectivity index (χ0v) is 15.1. The Labute approximate surface area is 153 Å². The second-order valence-electron chi connectivity index (χ2n) is 5.49. The van der Waals surface area contributed by atoms with Crippen molar-refractivity contribution < 1.29 is 28.8 Å². The number of benzene rings is 1. The van der Waals surface area contributed by atoms with E-state index in [1.54, 1.807) is 13.8 Å². The van der Waals surface area contributed by atoms with E-state index in [-0.39, 0.29) is 22.3 Å². The van der Waals surface area contributed by atoms with E-state index in [2.05, 4.69) is 0 Å². The van der Waals surface area contributed by atoms with Crippen LogP contribution >= 0.6 is 11.8 Å². The second kappa shape index (κ2) is 8.00. The minimum Gasteiger partial charge on any atom is -0.496 e. The summed E-state index contributed by atoms with van der Waals surface area (Å²) in [7, 11) is 1.38. The number of ether oxygens (including phenoxy) is 2. The van der Waals surface area contributed by atoms with E-state index >= 15 is 0 Å². The van der Waals surface area contributed by atoms with Crippen LogP contribution in [-0.4, -0.2) is 46.7 Å². The number of rotatable bonds is 6. The van der Waals surface area contributed by atoms with E-state index in [1.165, 1.54) is 31.4 Å². The van der Waals surface area contributed by atoms with Crippen molar-refractivity contribution in [2.75, 3.05) is 13.7 Å². The van der Waals surface area contributed by atoms with Gasteiger partial charge in [-0.05, 0) is 37.8 Å². The number of esters is 1. The van der Waals surface area contributed by atoms with Crippen LogP contribution in [0.4, 0.5) is 10.5 Å². The Morgan fingerprint density at radius 1 is 1.38 bits per heavy atom. The van der Waals surface area contributed by atoms with Crippen LogP contribution in [0.2, 0.25) is 0 Å². The lowest BCUT2D eigenvalue weighted by Crippen LogP contribution is -2.35. The fourth-order valence-corrected chi connectivity index (χ4v) is 2.98. The van der Waals surface area contributed by atoms with Crippen LogP contribution in [0.3, 0.4) is 0 Å². The fraction of sp³-hybridized carbons (Fsp3) is 0.312. The molecule has 1 fully saturated rings. The zero-order chi connectivity index (χ0) is 19.4. The standard InChI is InChI=1S/C16H16N2O7S/c1-9(2)25-14(19)8-17-15(20)13(26-16(17)21)7-10-6-11(18(22)23)4-5-12(10)24-3/h4-7,9H,8H2,1-3H3/b13-7-. The molecule has 1 saturated heterocycles. The third-order valence-electron chi connectivity index (χ3n) is 3.24. The van der Waals surface area contributed by atoms with Crippen molar-refractivity contribution in [3.05, 3.63) is 38.8 Å². The normalized spacial score (nSPS) is 15.7. The molecule has 0 aliphatic carbocycles. The summed E-state index contributed by atoms with van der Waals surface area (Å²) in [5.74, 6) is -1.06. The molecule has 0 atom stereocenters. The number of carbonyl (C=O) groups is 3. The van der Waals surface area contributed by atoms with Gasteiger partial charge in [-0.2, -0.15) is 0 Å². The molecule has 1 aromatic rings. The summed E-state index contributed by atoms with van der Waals surface area (Å²) in [4.78, 5) is 47.3. The Bertz CT molecular complexity index is 804. The van der Waals surface area contributed by atoms with E-state index in [0.717, 1.165) is 4.90 Å². The number of methoxy groups -OCH3 is 1. The first-order chi connectivity index (χ1) is 12.2. The van der Waals surface area contributed by atoms with Gasteiger partial charge in [0.25, 0.3) is 16.8 Å². The van der Waals surface area contributed by atoms with Gasteiger partial charge in [-0.15, -0.1) is 0 Å². The van der Waals surface area contributed by atoms with Gasteiger partial charge in [-0.3, -0.25) is 29.4 Å². The average molecular weight is 380 g/mol. The van der Waals surface area contributed by atoms with E-state index < -0.39 is 28.6 Å². The largest absolute Gasteiger partial charge is 0.496 e. The smallest absolute Gasteiger partial charge is 0.326 e. The highest BCUT2D eigenvalue weighted by atomic mass is 32.2. The maximum absolute atomic E-state index is 12.4. The molecule has 1 aliphatic rings. The van der Waals surface area contributed by atoms with Gasteiger partial charge >= 0.3 is 5.97 Å². The number of non-ortho nitro benzene ring substituents is 1. The van der Waals surface area contributed by atoms with Crippen LogP contribution in [0.5, 0.6) is 5.75 Å². The molecule has 2 amide bonds. The third kappa shape index (κ3) is 4.39. The third-order valence-corrected chi connectivity index (χ3v) is 4.15. The van der Waals surface area contributed by atoms with Crippen LogP contribution in [0.25, 0.3) is 6.08 Å². The van der Waals surface area contributed by atoms with Gasteiger partial charge in [0.15, 0.2) is 0 Å². The predicted molar refractivity (Wildman–Crippen MR) is 93.6 cm³/mol. The minimum absolute atomic E-state index is 0.0335. The Morgan fingerprint density at radius 2 is 2.08 bits per heavy atom. The number of thioether (sulfide) groups is 1. The monoisotopic (exact) mass is 380 g/mol. The molecule has 9 nitrogen and oxygen atoms in total. The van der Waals surface area contributed by atoms with Crippen molar-refractivity contribution in [1.29, 1.82) is 0 Å². The summed E-state index contributed by atoms with van der Waals surface area (Å²) >= 11 is 0.636. The molecule has 0 N–H and O–H groups in total. The van der Waals surface area contributed by atoms with Gasteiger partial charge in [0, 0.05) is 17.7 Å². The summed E-state index contributed by atoms with van der Waals surface area (Å²) in [5.41, 5.74) is 0.0914. The zero-order valence-electron chi connectivity index (χ0n) is 14.3. The molecule has 0 saturated carbocycles. The predicted octanol–water partition coefficient (Wildman–Crippen LogP) is 2.59. The number of nitro benzene ring substituents is 1. The Balaban J connectivity index is 2.28. The maximum atomic E-state index is 12.4. The summed E-state index contributed by atoms with van der Waals surface area (Å²) in [5, 5.41) is 10.3. The van der Waals surface area contributed by atoms with Crippen LogP contribution in [0.1, 0.15) is 19.4 Å². The van der Waals surface area contributed by atoms with Crippen molar-refractivity contribution in [2.45, 2.75) is 20.0 Å². The second-order valence-corrected chi connectivity index (χ2v) is 6.48. The molecule has 1 aromatic carbocycles. The first kappa shape index (κ1) is 19.4. The quantitative estimate of drug-likeness (QED) is 0.320. The highest BCUT2D eigenvalue weighted by molar-refractivity contribution is 8.18. The number of amides is 2. The van der Waals surface area contributed by atoms with Crippen molar-refractivity contribution in [1.82, 2.24) is 4.90 Å². The highest BCUT2D eigenvalue weighted by Crippen LogP contribution is 2.35. The molecular weight excluding hydrogens is 364 g/mol. The maximum Gasteiger partial charge on any atom is 0.326 e. The number of nitro groups is 1. The molecule has 1 aliphatic heterocycles. The van der Waals surface area contributed by atoms with Crippen molar-refractivity contribution in [2.24, 2.45) is 0 Å². The summed E-state index contributed by atoms with van der Waals surface area (Å²) < 4.78 is 10.1. The SMILES string of the molecule is COc1ccc([N+](=O)[O-])cc1/C=C1\SC(=O)N(CC(=O)OC(C)C)C1=O. The van der Waals surface area contributed by atoms with Gasteiger partial charge < -0.3 is 9.47 Å². The molecule has 0 bridgehead atoms. The number of hydrogen-bond acceptors (Lipinski definition) is 8. The van der Waals surface area contributed by atoms with Crippen LogP contribution in [0, 0.1) is 10.1 Å². The molecule has 0 aromatic heterocycles. The van der Waals surface area contributed by atoms with Crippen LogP contribution in [-0.2, 0) is 14.3 Å². The lowest BCUT2D eigenvalue weighted by Gasteiger charge is -2.13. The molecule has 2 rings (SSSR count). The number of nitrogens with zero attached hydrogens (tertiary/aromatic N) is 2. The molecule has 1 heterocycles. The Kier molecular flexibility index (Phi) is 5.98. The van der Waals surface area contributed by atoms with Crippen LogP contribution in [0.15, 0.2) is 23.1 Å². The lowest BCUT2D eigenvalue weighted by atomic mass is 10.1. The van der Waals surface area contributed by atoms with E-state index in [0.29, 0.717) is 17.5 Å². The first-order valence-corrected chi connectivity index (χ1v) is 8.32. The topological polar surface area (TPSA) is 116 Å². The van der Waals surface area contributed by atoms with Crippen molar-refractivity contribution in [3.63, 3.8) is 0 Å². The van der Waals surface area contributed by atoms with E-state index in [9.17, 15) is 24.5 Å². The summed E-state index contributed by atoms with van der Waals surface area (Å²) in [6.07, 6.45) is 0.955. The average Bonchev–Trinajstić information content (AvgIpc) is 2.81. The molecule has 0 radical (unpaired) electrons. The van der Waals surface area contributed by atoms with E-state index in [4.69, 9.17) is 9.47 Å². The lowest BCUT2D eigenvalue weighted by molar-refractivity contribution is -0.384. The molecule has 26 heavy (non-hydrogen) atoms. The fourth-order valence-electron chi connectivity index (χ4n) is 2.15. The Morgan fingerprint density at radius 3 is 2.65 bits per heavy atom. The number of imide groups is 1. The van der Waals surface area contributed by atoms with E-state index in [1.807, 2.05) is 0 Å². The number of carbonyl (C=O) groups excluding carboxylic acids is 3. The number of hydrogen-bond donors (Lipinski definition) is 0. The molecule has 10 heteroatoms. The van der Waals surface area contributed by atoms with Gasteiger partial charge in [0.2, 0.25) is 0 Å². The molecule has 0 spiro atoms. The Hall–Kier alpha value is -2.88. The van der Waals surface area contributed by atoms with Gasteiger partial charge in [0.05, 0.1) is 23.0 Å². The molecule has 138 valence electrons. The van der Waals surface area contributed by atoms with Gasteiger partial charge in [-0.25, -0.2) is 0 Å². The first-order valence-electron chi connectivity index (χ1n) is 7.50.